The van der Waals surface area contributed by atoms with E-state index in [1.807, 2.05) is 18.2 Å². The van der Waals surface area contributed by atoms with Gasteiger partial charge in [0.25, 0.3) is 5.91 Å². The van der Waals surface area contributed by atoms with Crippen LogP contribution in [0.3, 0.4) is 0 Å². The predicted molar refractivity (Wildman–Crippen MR) is 133 cm³/mol. The van der Waals surface area contributed by atoms with Gasteiger partial charge in [-0.1, -0.05) is 54.6 Å². The second-order valence-electron chi connectivity index (χ2n) is 7.48. The molecule has 0 radical (unpaired) electrons. The fraction of sp³-hybridized carbons (Fsp3) is 0.0714. The summed E-state index contributed by atoms with van der Waals surface area (Å²) in [6.45, 7) is 0. The lowest BCUT2D eigenvalue weighted by Gasteiger charge is -2.15. The van der Waals surface area contributed by atoms with Crippen molar-refractivity contribution in [2.24, 2.45) is 0 Å². The zero-order valence-corrected chi connectivity index (χ0v) is 19.0. The highest BCUT2D eigenvalue weighted by Crippen LogP contribution is 2.28. The van der Waals surface area contributed by atoms with E-state index in [9.17, 15) is 24.9 Å². The van der Waals surface area contributed by atoms with E-state index in [2.05, 4.69) is 5.32 Å². The van der Waals surface area contributed by atoms with Gasteiger partial charge in [0.1, 0.15) is 23.2 Å². The standard InChI is InChI=1S/C15H14O4.C13H11NO2/c1-19-15(18)14(10-2-6-12(16)7-3-10)11-4-8-13(17)9-5-11;15-12-9-5-4-8-11(12)13(16)14-10-6-2-1-3-7-10/h2-9,14,16-17H,1H3;1-9,15H,(H,14,16). The van der Waals surface area contributed by atoms with E-state index in [4.69, 9.17) is 4.74 Å². The van der Waals surface area contributed by atoms with E-state index in [0.717, 1.165) is 11.1 Å². The van der Waals surface area contributed by atoms with Crippen LogP contribution in [-0.4, -0.2) is 34.3 Å². The van der Waals surface area contributed by atoms with Crippen LogP contribution in [0.5, 0.6) is 17.2 Å². The minimum Gasteiger partial charge on any atom is -0.508 e. The van der Waals surface area contributed by atoms with E-state index in [-0.39, 0.29) is 28.7 Å². The lowest BCUT2D eigenvalue weighted by atomic mass is 9.91. The van der Waals surface area contributed by atoms with Crippen molar-refractivity contribution in [3.8, 4) is 17.2 Å². The average Bonchev–Trinajstić information content (AvgIpc) is 2.87. The third-order valence-electron chi connectivity index (χ3n) is 5.07. The first-order valence-electron chi connectivity index (χ1n) is 10.7. The fourth-order valence-corrected chi connectivity index (χ4v) is 3.30. The number of benzene rings is 4. The number of para-hydroxylation sites is 2. The highest BCUT2D eigenvalue weighted by Gasteiger charge is 2.23. The Morgan fingerprint density at radius 1 is 0.686 bits per heavy atom. The van der Waals surface area contributed by atoms with Crippen LogP contribution in [0.4, 0.5) is 5.69 Å². The molecule has 0 aliphatic heterocycles. The van der Waals surface area contributed by atoms with Gasteiger partial charge in [-0.25, -0.2) is 0 Å². The zero-order valence-electron chi connectivity index (χ0n) is 19.0. The van der Waals surface area contributed by atoms with Crippen LogP contribution in [0.2, 0.25) is 0 Å². The normalized spacial score (nSPS) is 10.1. The maximum absolute atomic E-state index is 11.9. The van der Waals surface area contributed by atoms with E-state index >= 15 is 0 Å². The van der Waals surface area contributed by atoms with Crippen molar-refractivity contribution >= 4 is 17.6 Å². The molecule has 7 heteroatoms. The number of ether oxygens (including phenoxy) is 1. The second kappa shape index (κ2) is 11.9. The lowest BCUT2D eigenvalue weighted by Crippen LogP contribution is -2.15. The maximum atomic E-state index is 11.9. The molecule has 0 aliphatic carbocycles. The molecule has 0 spiro atoms. The number of amides is 1. The van der Waals surface area contributed by atoms with E-state index < -0.39 is 11.9 Å². The summed E-state index contributed by atoms with van der Waals surface area (Å²) < 4.78 is 4.82. The van der Waals surface area contributed by atoms with Crippen molar-refractivity contribution in [1.82, 2.24) is 0 Å². The maximum Gasteiger partial charge on any atom is 0.317 e. The first-order valence-corrected chi connectivity index (χ1v) is 10.7. The summed E-state index contributed by atoms with van der Waals surface area (Å²) >= 11 is 0. The molecular weight excluding hydrogens is 446 g/mol. The number of nitrogens with one attached hydrogen (secondary N) is 1. The Morgan fingerprint density at radius 2 is 1.17 bits per heavy atom. The van der Waals surface area contributed by atoms with Gasteiger partial charge < -0.3 is 25.4 Å². The van der Waals surface area contributed by atoms with Gasteiger partial charge in [0.15, 0.2) is 0 Å². The molecular formula is C28H25NO6. The summed E-state index contributed by atoms with van der Waals surface area (Å²) in [5, 5.41) is 30.8. The number of phenolic OH excluding ortho intramolecular Hbond substituents is 3. The van der Waals surface area contributed by atoms with E-state index in [1.165, 1.54) is 37.4 Å². The number of hydrogen-bond acceptors (Lipinski definition) is 6. The third-order valence-corrected chi connectivity index (χ3v) is 5.07. The first-order chi connectivity index (χ1) is 16.9. The SMILES string of the molecule is COC(=O)C(c1ccc(O)cc1)c1ccc(O)cc1.O=C(Nc1ccccc1)c1ccccc1O. The third kappa shape index (κ3) is 6.85. The number of aromatic hydroxyl groups is 3. The van der Waals surface area contributed by atoms with Crippen LogP contribution < -0.4 is 5.32 Å². The Labute approximate surface area is 202 Å². The molecule has 0 fully saturated rings. The average molecular weight is 472 g/mol. The summed E-state index contributed by atoms with van der Waals surface area (Å²) in [5.41, 5.74) is 2.41. The van der Waals surface area contributed by atoms with Crippen molar-refractivity contribution < 1.29 is 29.6 Å². The van der Waals surface area contributed by atoms with Gasteiger partial charge >= 0.3 is 5.97 Å². The smallest absolute Gasteiger partial charge is 0.317 e. The molecule has 0 saturated carbocycles. The topological polar surface area (TPSA) is 116 Å². The predicted octanol–water partition coefficient (Wildman–Crippen LogP) is 5.05. The summed E-state index contributed by atoms with van der Waals surface area (Å²) in [5.74, 6) is -1.03. The number of phenols is 3. The quantitative estimate of drug-likeness (QED) is 0.303. The van der Waals surface area contributed by atoms with Gasteiger partial charge in [0.2, 0.25) is 0 Å². The molecule has 0 aromatic heterocycles. The molecule has 4 N–H and O–H groups in total. The minimum atomic E-state index is -0.578. The van der Waals surface area contributed by atoms with Gasteiger partial charge in [-0.15, -0.1) is 0 Å². The molecule has 0 unspecified atom stereocenters. The summed E-state index contributed by atoms with van der Waals surface area (Å²) in [6, 6.07) is 28.3. The Bertz CT molecular complexity index is 1210. The highest BCUT2D eigenvalue weighted by molar-refractivity contribution is 6.06. The van der Waals surface area contributed by atoms with Gasteiger partial charge in [-0.05, 0) is 59.7 Å². The van der Waals surface area contributed by atoms with Crippen molar-refractivity contribution in [2.45, 2.75) is 5.92 Å². The van der Waals surface area contributed by atoms with Gasteiger partial charge in [-0.3, -0.25) is 9.59 Å². The molecule has 4 aromatic rings. The van der Waals surface area contributed by atoms with Crippen LogP contribution in [0, 0.1) is 0 Å². The molecule has 0 aliphatic rings. The number of esters is 1. The van der Waals surface area contributed by atoms with E-state index in [0.29, 0.717) is 5.69 Å². The van der Waals surface area contributed by atoms with Crippen LogP contribution in [-0.2, 0) is 9.53 Å². The monoisotopic (exact) mass is 471 g/mol. The second-order valence-corrected chi connectivity index (χ2v) is 7.48. The van der Waals surface area contributed by atoms with E-state index in [1.54, 1.807) is 54.6 Å². The Kier molecular flexibility index (Phi) is 8.45. The van der Waals surface area contributed by atoms with Gasteiger partial charge in [0, 0.05) is 5.69 Å². The lowest BCUT2D eigenvalue weighted by molar-refractivity contribution is -0.141. The molecule has 4 rings (SSSR count). The largest absolute Gasteiger partial charge is 0.508 e. The Balaban J connectivity index is 0.000000198. The number of hydrogen-bond donors (Lipinski definition) is 4. The molecule has 0 bridgehead atoms. The Morgan fingerprint density at radius 3 is 1.66 bits per heavy atom. The van der Waals surface area contributed by atoms with Gasteiger partial charge in [0.05, 0.1) is 12.7 Å². The molecule has 0 saturated heterocycles. The van der Waals surface area contributed by atoms with Gasteiger partial charge in [-0.2, -0.15) is 0 Å². The van der Waals surface area contributed by atoms with Crippen molar-refractivity contribution in [3.05, 3.63) is 120 Å². The summed E-state index contributed by atoms with van der Waals surface area (Å²) in [6.07, 6.45) is 0. The number of carbonyl (C=O) groups is 2. The van der Waals surface area contributed by atoms with Crippen molar-refractivity contribution in [1.29, 1.82) is 0 Å². The number of anilines is 1. The molecule has 178 valence electrons. The number of methoxy groups -OCH3 is 1. The minimum absolute atomic E-state index is 0.0177. The number of rotatable bonds is 5. The molecule has 0 atom stereocenters. The number of carbonyl (C=O) groups excluding carboxylic acids is 2. The van der Waals surface area contributed by atoms with Crippen LogP contribution in [0.1, 0.15) is 27.4 Å². The van der Waals surface area contributed by atoms with Crippen molar-refractivity contribution in [2.75, 3.05) is 12.4 Å². The van der Waals surface area contributed by atoms with Crippen LogP contribution >= 0.6 is 0 Å². The van der Waals surface area contributed by atoms with Crippen LogP contribution in [0.25, 0.3) is 0 Å². The first kappa shape index (κ1) is 24.9. The molecule has 7 nitrogen and oxygen atoms in total. The summed E-state index contributed by atoms with van der Waals surface area (Å²) in [4.78, 5) is 23.7. The molecule has 0 heterocycles. The molecule has 1 amide bonds. The highest BCUT2D eigenvalue weighted by atomic mass is 16.5. The zero-order chi connectivity index (χ0) is 25.2. The molecule has 4 aromatic carbocycles. The Hall–Kier alpha value is -4.78. The fourth-order valence-electron chi connectivity index (χ4n) is 3.30. The van der Waals surface area contributed by atoms with Crippen LogP contribution in [0.15, 0.2) is 103 Å². The summed E-state index contributed by atoms with van der Waals surface area (Å²) in [7, 11) is 1.33. The van der Waals surface area contributed by atoms with Crippen molar-refractivity contribution in [3.63, 3.8) is 0 Å². The molecule has 35 heavy (non-hydrogen) atoms.